The maximum Gasteiger partial charge on any atom is 0.0602 e. The molecule has 0 saturated carbocycles. The highest BCUT2D eigenvalue weighted by atomic mass is 16.5. The van der Waals surface area contributed by atoms with E-state index in [9.17, 15) is 0 Å². The molecule has 0 radical (unpaired) electrons. The molecule has 0 bridgehead atoms. The number of ether oxygens (including phenoxy) is 1. The Hall–Kier alpha value is -0.0400. The maximum atomic E-state index is 5.90. The molecule has 0 amide bonds. The van der Waals surface area contributed by atoms with Crippen molar-refractivity contribution in [3.05, 3.63) is 0 Å². The van der Waals surface area contributed by atoms with E-state index in [4.69, 9.17) is 4.74 Å². The van der Waals surface area contributed by atoms with E-state index in [1.165, 1.54) is 0 Å². The Morgan fingerprint density at radius 1 is 0.929 bits per heavy atom. The Bertz CT molecular complexity index is 159. The van der Waals surface area contributed by atoms with Gasteiger partial charge in [-0.1, -0.05) is 27.7 Å². The lowest BCUT2D eigenvalue weighted by Gasteiger charge is -2.32. The van der Waals surface area contributed by atoms with E-state index in [2.05, 4.69) is 55.4 Å². The molecule has 14 heavy (non-hydrogen) atoms. The molecule has 0 aromatic carbocycles. The molecular formula is C13H28O. The van der Waals surface area contributed by atoms with Crippen LogP contribution in [0.1, 0.15) is 61.8 Å². The molecule has 0 rings (SSSR count). The van der Waals surface area contributed by atoms with Gasteiger partial charge in [0.25, 0.3) is 0 Å². The first-order chi connectivity index (χ1) is 6.02. The molecule has 0 aliphatic carbocycles. The Kier molecular flexibility index (Phi) is 4.64. The molecule has 0 N–H and O–H groups in total. The molecule has 86 valence electrons. The van der Waals surface area contributed by atoms with E-state index in [-0.39, 0.29) is 5.60 Å². The van der Waals surface area contributed by atoms with Crippen LogP contribution >= 0.6 is 0 Å². The van der Waals surface area contributed by atoms with Gasteiger partial charge >= 0.3 is 0 Å². The largest absolute Gasteiger partial charge is 0.373 e. The summed E-state index contributed by atoms with van der Waals surface area (Å²) in [4.78, 5) is 0. The monoisotopic (exact) mass is 200 g/mol. The molecule has 0 aliphatic rings. The van der Waals surface area contributed by atoms with Crippen LogP contribution in [-0.2, 0) is 4.74 Å². The summed E-state index contributed by atoms with van der Waals surface area (Å²) in [6, 6.07) is 0. The molecule has 0 aromatic rings. The third-order valence-corrected chi connectivity index (χ3v) is 2.72. The van der Waals surface area contributed by atoms with Crippen LogP contribution in [0.4, 0.5) is 0 Å². The lowest BCUT2D eigenvalue weighted by molar-refractivity contribution is -0.0645. The molecular weight excluding hydrogens is 172 g/mol. The minimum absolute atomic E-state index is 0.0168. The summed E-state index contributed by atoms with van der Waals surface area (Å²) in [5.74, 6) is 0.694. The van der Waals surface area contributed by atoms with E-state index in [0.717, 1.165) is 6.42 Å². The van der Waals surface area contributed by atoms with Gasteiger partial charge in [0.2, 0.25) is 0 Å². The van der Waals surface area contributed by atoms with Gasteiger partial charge in [-0.2, -0.15) is 0 Å². The van der Waals surface area contributed by atoms with E-state index in [1.54, 1.807) is 0 Å². The van der Waals surface area contributed by atoms with Crippen LogP contribution in [0.25, 0.3) is 0 Å². The normalized spacial score (nSPS) is 18.0. The first-order valence-electron chi connectivity index (χ1n) is 5.70. The molecule has 0 spiro atoms. The fraction of sp³-hybridized carbons (Fsp3) is 1.00. The molecule has 0 unspecified atom stereocenters. The average molecular weight is 200 g/mol. The molecule has 1 nitrogen and oxygen atoms in total. The molecule has 0 saturated heterocycles. The van der Waals surface area contributed by atoms with Crippen LogP contribution in [0.15, 0.2) is 0 Å². The van der Waals surface area contributed by atoms with Crippen molar-refractivity contribution in [3.63, 3.8) is 0 Å². The SMILES string of the molecule is C[C@@H](C[C@H](C)C(C)(C)C)OC(C)(C)C. The second-order valence-corrected chi connectivity index (χ2v) is 6.54. The smallest absolute Gasteiger partial charge is 0.0602 e. The fourth-order valence-electron chi connectivity index (χ4n) is 1.50. The molecule has 1 heteroatoms. The van der Waals surface area contributed by atoms with Gasteiger partial charge in [0.1, 0.15) is 0 Å². The van der Waals surface area contributed by atoms with Crippen molar-refractivity contribution in [2.24, 2.45) is 11.3 Å². The summed E-state index contributed by atoms with van der Waals surface area (Å²) in [5, 5.41) is 0. The van der Waals surface area contributed by atoms with Crippen LogP contribution in [0, 0.1) is 11.3 Å². The lowest BCUT2D eigenvalue weighted by atomic mass is 9.79. The zero-order valence-corrected chi connectivity index (χ0v) is 11.3. The summed E-state index contributed by atoms with van der Waals surface area (Å²) in [6.45, 7) is 17.7. The van der Waals surface area contributed by atoms with Gasteiger partial charge in [0.15, 0.2) is 0 Å². The van der Waals surface area contributed by atoms with Crippen LogP contribution in [0.3, 0.4) is 0 Å². The van der Waals surface area contributed by atoms with E-state index in [0.29, 0.717) is 17.4 Å². The van der Waals surface area contributed by atoms with Crippen LogP contribution in [-0.4, -0.2) is 11.7 Å². The highest BCUT2D eigenvalue weighted by Crippen LogP contribution is 2.30. The summed E-state index contributed by atoms with van der Waals surface area (Å²) < 4.78 is 5.90. The molecule has 0 aliphatic heterocycles. The predicted octanol–water partition coefficient (Wildman–Crippen LogP) is 4.26. The summed E-state index contributed by atoms with van der Waals surface area (Å²) in [6.07, 6.45) is 1.49. The summed E-state index contributed by atoms with van der Waals surface area (Å²) >= 11 is 0. The Morgan fingerprint density at radius 2 is 1.36 bits per heavy atom. The van der Waals surface area contributed by atoms with Crippen molar-refractivity contribution >= 4 is 0 Å². The second kappa shape index (κ2) is 4.65. The van der Waals surface area contributed by atoms with Crippen molar-refractivity contribution in [1.29, 1.82) is 0 Å². The zero-order chi connectivity index (χ0) is 11.6. The Labute approximate surface area is 90.2 Å². The van der Waals surface area contributed by atoms with Gasteiger partial charge in [0.05, 0.1) is 11.7 Å². The quantitative estimate of drug-likeness (QED) is 0.661. The first-order valence-corrected chi connectivity index (χ1v) is 5.70. The van der Waals surface area contributed by atoms with Gasteiger partial charge in [-0.25, -0.2) is 0 Å². The highest BCUT2D eigenvalue weighted by Gasteiger charge is 2.24. The highest BCUT2D eigenvalue weighted by molar-refractivity contribution is 4.73. The van der Waals surface area contributed by atoms with E-state index < -0.39 is 0 Å². The van der Waals surface area contributed by atoms with Crippen molar-refractivity contribution in [2.75, 3.05) is 0 Å². The summed E-state index contributed by atoms with van der Waals surface area (Å²) in [7, 11) is 0. The van der Waals surface area contributed by atoms with E-state index >= 15 is 0 Å². The maximum absolute atomic E-state index is 5.90. The third kappa shape index (κ3) is 6.42. The second-order valence-electron chi connectivity index (χ2n) is 6.54. The van der Waals surface area contributed by atoms with Gasteiger partial charge in [0, 0.05) is 0 Å². The van der Waals surface area contributed by atoms with Gasteiger partial charge < -0.3 is 4.74 Å². The van der Waals surface area contributed by atoms with Gasteiger partial charge in [-0.15, -0.1) is 0 Å². The number of hydrogen-bond donors (Lipinski definition) is 0. The number of rotatable bonds is 3. The Balaban J connectivity index is 4.01. The zero-order valence-electron chi connectivity index (χ0n) is 11.3. The lowest BCUT2D eigenvalue weighted by Crippen LogP contribution is -2.29. The van der Waals surface area contributed by atoms with Gasteiger partial charge in [-0.05, 0) is 45.4 Å². The average Bonchev–Trinajstić information content (AvgIpc) is 1.79. The minimum atomic E-state index is -0.0168. The van der Waals surface area contributed by atoms with Gasteiger partial charge in [-0.3, -0.25) is 0 Å². The predicted molar refractivity (Wildman–Crippen MR) is 63.5 cm³/mol. The fourth-order valence-corrected chi connectivity index (χ4v) is 1.50. The topological polar surface area (TPSA) is 9.23 Å². The van der Waals surface area contributed by atoms with Crippen molar-refractivity contribution in [1.82, 2.24) is 0 Å². The van der Waals surface area contributed by atoms with Crippen molar-refractivity contribution < 1.29 is 4.74 Å². The molecule has 0 fully saturated rings. The summed E-state index contributed by atoms with van der Waals surface area (Å²) in [5.41, 5.74) is 0.368. The third-order valence-electron chi connectivity index (χ3n) is 2.72. The molecule has 0 heterocycles. The van der Waals surface area contributed by atoms with Crippen LogP contribution < -0.4 is 0 Å². The van der Waals surface area contributed by atoms with Crippen LogP contribution in [0.2, 0.25) is 0 Å². The molecule has 0 aromatic heterocycles. The van der Waals surface area contributed by atoms with Crippen molar-refractivity contribution in [3.8, 4) is 0 Å². The number of hydrogen-bond acceptors (Lipinski definition) is 1. The first kappa shape index (κ1) is 14.0. The minimum Gasteiger partial charge on any atom is -0.373 e. The van der Waals surface area contributed by atoms with Crippen LogP contribution in [0.5, 0.6) is 0 Å². The standard InChI is InChI=1S/C13H28O/c1-10(12(3,4)5)9-11(2)14-13(6,7)8/h10-11H,9H2,1-8H3/t10-,11-/m0/s1. The van der Waals surface area contributed by atoms with Crippen molar-refractivity contribution in [2.45, 2.75) is 73.5 Å². The Morgan fingerprint density at radius 3 is 1.64 bits per heavy atom. The van der Waals surface area contributed by atoms with E-state index in [1.807, 2.05) is 0 Å². The molecule has 2 atom stereocenters.